The molecule has 0 aromatic rings. The Morgan fingerprint density at radius 3 is 2.60 bits per heavy atom. The molecule has 1 rings (SSSR count). The average Bonchev–Trinajstić information content (AvgIpc) is 1.94. The van der Waals surface area contributed by atoms with E-state index < -0.39 is 0 Å². The third-order valence-corrected chi connectivity index (χ3v) is 2.22. The van der Waals surface area contributed by atoms with E-state index in [0.717, 1.165) is 6.42 Å². The summed E-state index contributed by atoms with van der Waals surface area (Å²) in [5.74, 6) is 0.443. The molecule has 1 N–H and O–H groups in total. The molecule has 1 nitrogen and oxygen atoms in total. The highest BCUT2D eigenvalue weighted by Crippen LogP contribution is 2.24. The van der Waals surface area contributed by atoms with E-state index in [1.54, 1.807) is 0 Å². The molecule has 1 saturated carbocycles. The smallest absolute Gasteiger partial charge is 0.0602 e. The summed E-state index contributed by atoms with van der Waals surface area (Å²) in [7, 11) is 0. The first-order chi connectivity index (χ1) is 4.84. The monoisotopic (exact) mass is 140 g/mol. The van der Waals surface area contributed by atoms with Crippen LogP contribution >= 0.6 is 0 Å². The minimum absolute atomic E-state index is 0.0649. The molecule has 0 radical (unpaired) electrons. The van der Waals surface area contributed by atoms with E-state index in [1.807, 2.05) is 13.0 Å². The third-order valence-electron chi connectivity index (χ3n) is 2.22. The van der Waals surface area contributed by atoms with Gasteiger partial charge in [0.15, 0.2) is 0 Å². The Hall–Kier alpha value is -0.300. The molecule has 10 heavy (non-hydrogen) atoms. The largest absolute Gasteiger partial charge is 0.393 e. The van der Waals surface area contributed by atoms with Crippen molar-refractivity contribution in [2.75, 3.05) is 0 Å². The standard InChI is InChI=1S/C9H16O/c1-2-5-8-6-3-4-7-9(8)10/h2,5,8-10H,3-4,6-7H2,1H3/b5-2+/t8-,9-/m1/s1. The van der Waals surface area contributed by atoms with Gasteiger partial charge in [-0.2, -0.15) is 0 Å². The van der Waals surface area contributed by atoms with E-state index in [4.69, 9.17) is 0 Å². The molecule has 0 bridgehead atoms. The van der Waals surface area contributed by atoms with Gasteiger partial charge >= 0.3 is 0 Å². The fourth-order valence-electron chi connectivity index (χ4n) is 1.61. The van der Waals surface area contributed by atoms with Gasteiger partial charge in [-0.3, -0.25) is 0 Å². The van der Waals surface area contributed by atoms with Crippen LogP contribution in [0.4, 0.5) is 0 Å². The first-order valence-electron chi connectivity index (χ1n) is 4.15. The van der Waals surface area contributed by atoms with Crippen molar-refractivity contribution in [1.82, 2.24) is 0 Å². The minimum Gasteiger partial charge on any atom is -0.393 e. The number of allylic oxidation sites excluding steroid dienone is 1. The molecule has 58 valence electrons. The van der Waals surface area contributed by atoms with E-state index >= 15 is 0 Å². The second kappa shape index (κ2) is 3.77. The van der Waals surface area contributed by atoms with Gasteiger partial charge in [0.1, 0.15) is 0 Å². The van der Waals surface area contributed by atoms with Gasteiger partial charge in [-0.25, -0.2) is 0 Å². The molecule has 0 heterocycles. The van der Waals surface area contributed by atoms with Crippen LogP contribution in [0.2, 0.25) is 0 Å². The average molecular weight is 140 g/mol. The molecule has 1 heteroatoms. The number of hydrogen-bond donors (Lipinski definition) is 1. The van der Waals surface area contributed by atoms with E-state index in [-0.39, 0.29) is 6.10 Å². The second-order valence-corrected chi connectivity index (χ2v) is 3.04. The summed E-state index contributed by atoms with van der Waals surface area (Å²) in [5, 5.41) is 9.45. The van der Waals surface area contributed by atoms with Crippen molar-refractivity contribution in [3.8, 4) is 0 Å². The second-order valence-electron chi connectivity index (χ2n) is 3.04. The van der Waals surface area contributed by atoms with Crippen molar-refractivity contribution < 1.29 is 5.11 Å². The van der Waals surface area contributed by atoms with Crippen LogP contribution in [0.25, 0.3) is 0 Å². The zero-order valence-electron chi connectivity index (χ0n) is 6.59. The Bertz CT molecular complexity index is 118. The van der Waals surface area contributed by atoms with Crippen LogP contribution in [-0.4, -0.2) is 11.2 Å². The van der Waals surface area contributed by atoms with Crippen molar-refractivity contribution in [3.05, 3.63) is 12.2 Å². The molecule has 0 amide bonds. The lowest BCUT2D eigenvalue weighted by Gasteiger charge is -2.24. The highest BCUT2D eigenvalue weighted by molar-refractivity contribution is 4.91. The van der Waals surface area contributed by atoms with E-state index in [1.165, 1.54) is 19.3 Å². The molecule has 0 aromatic heterocycles. The summed E-state index contributed by atoms with van der Waals surface area (Å²) in [4.78, 5) is 0. The van der Waals surface area contributed by atoms with Gasteiger partial charge in [0.05, 0.1) is 6.10 Å². The maximum atomic E-state index is 9.45. The first-order valence-corrected chi connectivity index (χ1v) is 4.15. The van der Waals surface area contributed by atoms with E-state index in [2.05, 4.69) is 6.08 Å². The minimum atomic E-state index is -0.0649. The summed E-state index contributed by atoms with van der Waals surface area (Å²) >= 11 is 0. The summed E-state index contributed by atoms with van der Waals surface area (Å²) in [6.45, 7) is 2.02. The molecule has 0 saturated heterocycles. The maximum absolute atomic E-state index is 9.45. The molecule has 1 aliphatic carbocycles. The Kier molecular flexibility index (Phi) is 2.94. The molecule has 0 spiro atoms. The third kappa shape index (κ3) is 1.84. The van der Waals surface area contributed by atoms with Crippen LogP contribution in [-0.2, 0) is 0 Å². The zero-order chi connectivity index (χ0) is 7.40. The quantitative estimate of drug-likeness (QED) is 0.553. The Balaban J connectivity index is 2.39. The van der Waals surface area contributed by atoms with Gasteiger partial charge in [-0.1, -0.05) is 25.0 Å². The number of aliphatic hydroxyl groups excluding tert-OH is 1. The van der Waals surface area contributed by atoms with Crippen LogP contribution in [0.3, 0.4) is 0 Å². The SMILES string of the molecule is C/C=C/[C@@H]1CCCC[C@H]1O. The number of rotatable bonds is 1. The molecule has 1 aliphatic rings. The Morgan fingerprint density at radius 2 is 2.00 bits per heavy atom. The fraction of sp³-hybridized carbons (Fsp3) is 0.778. The lowest BCUT2D eigenvalue weighted by Crippen LogP contribution is -2.22. The normalized spacial score (nSPS) is 35.0. The van der Waals surface area contributed by atoms with Gasteiger partial charge in [0, 0.05) is 5.92 Å². The van der Waals surface area contributed by atoms with Crippen molar-refractivity contribution in [2.24, 2.45) is 5.92 Å². The maximum Gasteiger partial charge on any atom is 0.0602 e. The first kappa shape index (κ1) is 7.80. The van der Waals surface area contributed by atoms with Crippen LogP contribution in [0.1, 0.15) is 32.6 Å². The van der Waals surface area contributed by atoms with Crippen LogP contribution < -0.4 is 0 Å². The molecule has 0 aromatic carbocycles. The Labute approximate surface area is 62.8 Å². The van der Waals surface area contributed by atoms with Crippen LogP contribution in [0.15, 0.2) is 12.2 Å². The number of aliphatic hydroxyl groups is 1. The van der Waals surface area contributed by atoms with E-state index in [9.17, 15) is 5.11 Å². The molecule has 0 aliphatic heterocycles. The van der Waals surface area contributed by atoms with Crippen molar-refractivity contribution in [1.29, 1.82) is 0 Å². The molecular formula is C9H16O. The Morgan fingerprint density at radius 1 is 1.30 bits per heavy atom. The van der Waals surface area contributed by atoms with Gasteiger partial charge in [0.2, 0.25) is 0 Å². The topological polar surface area (TPSA) is 20.2 Å². The predicted octanol–water partition coefficient (Wildman–Crippen LogP) is 2.11. The summed E-state index contributed by atoms with van der Waals surface area (Å²) in [5.41, 5.74) is 0. The van der Waals surface area contributed by atoms with Crippen molar-refractivity contribution in [3.63, 3.8) is 0 Å². The molecular weight excluding hydrogens is 124 g/mol. The van der Waals surface area contributed by atoms with Gasteiger partial charge in [-0.05, 0) is 19.8 Å². The summed E-state index contributed by atoms with van der Waals surface area (Å²) in [6, 6.07) is 0. The highest BCUT2D eigenvalue weighted by atomic mass is 16.3. The fourth-order valence-corrected chi connectivity index (χ4v) is 1.61. The van der Waals surface area contributed by atoms with Gasteiger partial charge in [-0.15, -0.1) is 0 Å². The molecule has 1 fully saturated rings. The van der Waals surface area contributed by atoms with E-state index in [0.29, 0.717) is 5.92 Å². The molecule has 2 atom stereocenters. The predicted molar refractivity (Wildman–Crippen MR) is 42.8 cm³/mol. The lowest BCUT2D eigenvalue weighted by molar-refractivity contribution is 0.0927. The lowest BCUT2D eigenvalue weighted by atomic mass is 9.86. The van der Waals surface area contributed by atoms with Crippen molar-refractivity contribution in [2.45, 2.75) is 38.7 Å². The van der Waals surface area contributed by atoms with Gasteiger partial charge < -0.3 is 5.11 Å². The van der Waals surface area contributed by atoms with Crippen LogP contribution in [0.5, 0.6) is 0 Å². The summed E-state index contributed by atoms with van der Waals surface area (Å²) in [6.07, 6.45) is 8.76. The zero-order valence-corrected chi connectivity index (χ0v) is 6.59. The highest BCUT2D eigenvalue weighted by Gasteiger charge is 2.19. The van der Waals surface area contributed by atoms with Crippen LogP contribution in [0, 0.1) is 5.92 Å². The number of hydrogen-bond acceptors (Lipinski definition) is 1. The van der Waals surface area contributed by atoms with Crippen molar-refractivity contribution >= 4 is 0 Å². The summed E-state index contributed by atoms with van der Waals surface area (Å²) < 4.78 is 0. The van der Waals surface area contributed by atoms with Gasteiger partial charge in [0.25, 0.3) is 0 Å². The molecule has 0 unspecified atom stereocenters.